The van der Waals surface area contributed by atoms with E-state index in [1.807, 2.05) is 24.0 Å². The summed E-state index contributed by atoms with van der Waals surface area (Å²) in [6, 6.07) is 8.34. The number of amides is 1. The van der Waals surface area contributed by atoms with Crippen LogP contribution in [0.5, 0.6) is 0 Å². The molecule has 1 heterocycles. The van der Waals surface area contributed by atoms with E-state index in [4.69, 9.17) is 4.74 Å². The molecule has 3 nitrogen and oxygen atoms in total. The van der Waals surface area contributed by atoms with Gasteiger partial charge in [0, 0.05) is 30.1 Å². The molecule has 21 heavy (non-hydrogen) atoms. The molecular weight excluding hydrogens is 330 g/mol. The van der Waals surface area contributed by atoms with Crippen molar-refractivity contribution in [3.8, 4) is 0 Å². The van der Waals surface area contributed by atoms with Crippen molar-refractivity contribution in [2.75, 3.05) is 19.7 Å². The summed E-state index contributed by atoms with van der Waals surface area (Å²) in [5.74, 6) is 0.956. The lowest BCUT2D eigenvalue weighted by molar-refractivity contribution is -0.135. The molecule has 0 bridgehead atoms. The van der Waals surface area contributed by atoms with Gasteiger partial charge in [0.15, 0.2) is 0 Å². The molecule has 1 aliphatic heterocycles. The first kappa shape index (κ1) is 15.0. The fourth-order valence-corrected chi connectivity index (χ4v) is 3.70. The molecule has 2 atom stereocenters. The zero-order valence-corrected chi connectivity index (χ0v) is 14.0. The third kappa shape index (κ3) is 3.49. The van der Waals surface area contributed by atoms with Crippen molar-refractivity contribution in [1.82, 2.24) is 4.90 Å². The Bertz CT molecular complexity index is 511. The summed E-state index contributed by atoms with van der Waals surface area (Å²) in [4.78, 5) is 14.6. The SMILES string of the molecule is CCOC1CCN(C(=O)[C@H]2C[C@@H]2c2cccc(Br)c2)CC1. The van der Waals surface area contributed by atoms with E-state index in [2.05, 4.69) is 28.1 Å². The summed E-state index contributed by atoms with van der Waals surface area (Å²) in [6.07, 6.45) is 3.31. The lowest BCUT2D eigenvalue weighted by Crippen LogP contribution is -2.41. The van der Waals surface area contributed by atoms with E-state index in [1.165, 1.54) is 5.56 Å². The number of halogens is 1. The highest BCUT2D eigenvalue weighted by molar-refractivity contribution is 9.10. The van der Waals surface area contributed by atoms with Crippen LogP contribution in [0.4, 0.5) is 0 Å². The van der Waals surface area contributed by atoms with Crippen LogP contribution in [0.1, 0.15) is 37.7 Å². The number of ether oxygens (including phenoxy) is 1. The topological polar surface area (TPSA) is 29.5 Å². The van der Waals surface area contributed by atoms with E-state index >= 15 is 0 Å². The van der Waals surface area contributed by atoms with Crippen molar-refractivity contribution in [3.63, 3.8) is 0 Å². The molecule has 0 aromatic heterocycles. The van der Waals surface area contributed by atoms with Crippen molar-refractivity contribution in [2.24, 2.45) is 5.92 Å². The van der Waals surface area contributed by atoms with E-state index in [-0.39, 0.29) is 5.92 Å². The summed E-state index contributed by atoms with van der Waals surface area (Å²) in [7, 11) is 0. The molecule has 4 heteroatoms. The van der Waals surface area contributed by atoms with Crippen molar-refractivity contribution >= 4 is 21.8 Å². The molecule has 1 aromatic rings. The first-order valence-electron chi connectivity index (χ1n) is 7.85. The Hall–Kier alpha value is -0.870. The molecule has 1 aliphatic carbocycles. The molecule has 1 aromatic carbocycles. The van der Waals surface area contributed by atoms with Gasteiger partial charge in [0.1, 0.15) is 0 Å². The standard InChI is InChI=1S/C17H22BrNO2/c1-2-21-14-6-8-19(9-7-14)17(20)16-11-15(16)12-4-3-5-13(18)10-12/h3-5,10,14-16H,2,6-9,11H2,1H3/t15-,16+/m1/s1. The molecule has 2 fully saturated rings. The number of hydrogen-bond donors (Lipinski definition) is 0. The molecule has 3 rings (SSSR count). The minimum absolute atomic E-state index is 0.197. The Morgan fingerprint density at radius 3 is 2.81 bits per heavy atom. The fourth-order valence-electron chi connectivity index (χ4n) is 3.29. The highest BCUT2D eigenvalue weighted by Gasteiger charge is 2.46. The molecule has 2 aliphatic rings. The molecule has 0 radical (unpaired) electrons. The quantitative estimate of drug-likeness (QED) is 0.829. The molecule has 0 unspecified atom stereocenters. The van der Waals surface area contributed by atoms with Gasteiger partial charge in [-0.15, -0.1) is 0 Å². The third-order valence-corrected chi connectivity index (χ3v) is 5.03. The molecule has 114 valence electrons. The number of benzene rings is 1. The number of carbonyl (C=O) groups is 1. The van der Waals surface area contributed by atoms with Crippen molar-refractivity contribution in [2.45, 2.75) is 38.2 Å². The van der Waals surface area contributed by atoms with Crippen LogP contribution in [0.3, 0.4) is 0 Å². The van der Waals surface area contributed by atoms with Gasteiger partial charge in [-0.05, 0) is 49.8 Å². The average molecular weight is 352 g/mol. The Balaban J connectivity index is 1.54. The molecule has 1 saturated carbocycles. The second-order valence-electron chi connectivity index (χ2n) is 5.98. The predicted molar refractivity (Wildman–Crippen MR) is 86.2 cm³/mol. The van der Waals surface area contributed by atoms with Crippen LogP contribution in [0, 0.1) is 5.92 Å². The first-order valence-corrected chi connectivity index (χ1v) is 8.64. The Kier molecular flexibility index (Phi) is 4.65. The van der Waals surface area contributed by atoms with Gasteiger partial charge in [0.2, 0.25) is 5.91 Å². The maximum Gasteiger partial charge on any atom is 0.226 e. The highest BCUT2D eigenvalue weighted by atomic mass is 79.9. The van der Waals surface area contributed by atoms with Gasteiger partial charge < -0.3 is 9.64 Å². The number of rotatable bonds is 4. The Labute approximate surface area is 134 Å². The van der Waals surface area contributed by atoms with Crippen LogP contribution in [-0.2, 0) is 9.53 Å². The van der Waals surface area contributed by atoms with Crippen LogP contribution in [-0.4, -0.2) is 36.6 Å². The molecular formula is C17H22BrNO2. The minimum Gasteiger partial charge on any atom is -0.378 e. The molecule has 1 saturated heterocycles. The zero-order chi connectivity index (χ0) is 14.8. The van der Waals surface area contributed by atoms with Crippen LogP contribution in [0.2, 0.25) is 0 Å². The third-order valence-electron chi connectivity index (χ3n) is 4.54. The summed E-state index contributed by atoms with van der Waals surface area (Å²) >= 11 is 3.50. The first-order chi connectivity index (χ1) is 10.2. The van der Waals surface area contributed by atoms with Crippen molar-refractivity contribution in [1.29, 1.82) is 0 Å². The van der Waals surface area contributed by atoms with E-state index < -0.39 is 0 Å². The number of nitrogens with zero attached hydrogens (tertiary/aromatic N) is 1. The fraction of sp³-hybridized carbons (Fsp3) is 0.588. The smallest absolute Gasteiger partial charge is 0.226 e. The molecule has 0 spiro atoms. The lowest BCUT2D eigenvalue weighted by atomic mass is 10.1. The average Bonchev–Trinajstić information content (AvgIpc) is 3.28. The summed E-state index contributed by atoms with van der Waals surface area (Å²) in [5.41, 5.74) is 1.28. The van der Waals surface area contributed by atoms with Gasteiger partial charge >= 0.3 is 0 Å². The number of piperidine rings is 1. The monoisotopic (exact) mass is 351 g/mol. The largest absolute Gasteiger partial charge is 0.378 e. The van der Waals surface area contributed by atoms with Gasteiger partial charge in [-0.25, -0.2) is 0 Å². The van der Waals surface area contributed by atoms with Crippen molar-refractivity contribution in [3.05, 3.63) is 34.3 Å². The second-order valence-corrected chi connectivity index (χ2v) is 6.90. The number of likely N-dealkylation sites (tertiary alicyclic amines) is 1. The van der Waals surface area contributed by atoms with Crippen LogP contribution in [0.15, 0.2) is 28.7 Å². The minimum atomic E-state index is 0.197. The van der Waals surface area contributed by atoms with Gasteiger partial charge in [-0.2, -0.15) is 0 Å². The maximum atomic E-state index is 12.6. The number of carbonyl (C=O) groups excluding carboxylic acids is 1. The van der Waals surface area contributed by atoms with Crippen LogP contribution in [0.25, 0.3) is 0 Å². The number of hydrogen-bond acceptors (Lipinski definition) is 2. The Morgan fingerprint density at radius 2 is 2.14 bits per heavy atom. The van der Waals surface area contributed by atoms with E-state index in [0.717, 1.165) is 43.4 Å². The van der Waals surface area contributed by atoms with Crippen LogP contribution >= 0.6 is 15.9 Å². The van der Waals surface area contributed by atoms with Gasteiger partial charge in [-0.1, -0.05) is 28.1 Å². The zero-order valence-electron chi connectivity index (χ0n) is 12.4. The second kappa shape index (κ2) is 6.49. The normalized spacial score (nSPS) is 25.9. The predicted octanol–water partition coefficient (Wildman–Crippen LogP) is 3.58. The van der Waals surface area contributed by atoms with Gasteiger partial charge in [0.25, 0.3) is 0 Å². The molecule has 0 N–H and O–H groups in total. The highest BCUT2D eigenvalue weighted by Crippen LogP contribution is 2.49. The summed E-state index contributed by atoms with van der Waals surface area (Å²) in [5, 5.41) is 0. The van der Waals surface area contributed by atoms with Crippen molar-refractivity contribution < 1.29 is 9.53 Å². The van der Waals surface area contributed by atoms with E-state index in [1.54, 1.807) is 0 Å². The lowest BCUT2D eigenvalue weighted by Gasteiger charge is -2.32. The van der Waals surface area contributed by atoms with Gasteiger partial charge in [0.05, 0.1) is 6.10 Å². The summed E-state index contributed by atoms with van der Waals surface area (Å²) < 4.78 is 6.74. The van der Waals surface area contributed by atoms with Gasteiger partial charge in [-0.3, -0.25) is 4.79 Å². The van der Waals surface area contributed by atoms with Crippen LogP contribution < -0.4 is 0 Å². The van der Waals surface area contributed by atoms with E-state index in [0.29, 0.717) is 17.9 Å². The van der Waals surface area contributed by atoms with E-state index in [9.17, 15) is 4.79 Å². The summed E-state index contributed by atoms with van der Waals surface area (Å²) in [6.45, 7) is 4.51. The molecule has 1 amide bonds. The maximum absolute atomic E-state index is 12.6. The Morgan fingerprint density at radius 1 is 1.38 bits per heavy atom.